The minimum absolute atomic E-state index is 0.205. The number of benzene rings is 1. The van der Waals surface area contributed by atoms with Gasteiger partial charge in [-0.05, 0) is 42.5 Å². The molecule has 4 rings (SSSR count). The van der Waals surface area contributed by atoms with E-state index in [1.807, 2.05) is 29.4 Å². The Morgan fingerprint density at radius 3 is 2.68 bits per heavy atom. The van der Waals surface area contributed by atoms with Crippen LogP contribution in [0.25, 0.3) is 15.9 Å². The summed E-state index contributed by atoms with van der Waals surface area (Å²) >= 11 is 1.63. The van der Waals surface area contributed by atoms with Gasteiger partial charge in [-0.15, -0.1) is 11.3 Å². The van der Waals surface area contributed by atoms with Crippen molar-refractivity contribution in [3.05, 3.63) is 65.8 Å². The number of imidazole rings is 1. The lowest BCUT2D eigenvalue weighted by molar-refractivity contribution is 0.745. The van der Waals surface area contributed by atoms with Crippen molar-refractivity contribution in [3.8, 4) is 5.69 Å². The predicted octanol–water partition coefficient (Wildman–Crippen LogP) is 4.75. The minimum atomic E-state index is 0.205. The van der Waals surface area contributed by atoms with Crippen LogP contribution in [-0.2, 0) is 0 Å². The number of nitrogens with zero attached hydrogens (tertiary/aromatic N) is 4. The second-order valence-electron chi connectivity index (χ2n) is 5.98. The van der Waals surface area contributed by atoms with E-state index in [2.05, 4.69) is 57.5 Å². The summed E-state index contributed by atoms with van der Waals surface area (Å²) in [5.74, 6) is 0.896. The molecule has 3 aromatic heterocycles. The molecule has 25 heavy (non-hydrogen) atoms. The van der Waals surface area contributed by atoms with Crippen molar-refractivity contribution < 1.29 is 0 Å². The molecule has 0 bridgehead atoms. The molecule has 1 atom stereocenters. The van der Waals surface area contributed by atoms with Crippen molar-refractivity contribution in [2.45, 2.75) is 26.3 Å². The van der Waals surface area contributed by atoms with Gasteiger partial charge in [-0.25, -0.2) is 15.0 Å². The number of anilines is 1. The SMILES string of the molecule is CCC(Nc1ncnc2sccc12)c1ccc(-n2cnc(C)c2)cc1. The number of thiophene rings is 1. The first-order chi connectivity index (χ1) is 12.2. The number of hydrogen-bond donors (Lipinski definition) is 1. The Kier molecular flexibility index (Phi) is 4.19. The van der Waals surface area contributed by atoms with Gasteiger partial charge >= 0.3 is 0 Å². The molecular weight excluding hydrogens is 330 g/mol. The summed E-state index contributed by atoms with van der Waals surface area (Å²) in [5.41, 5.74) is 3.37. The third-order valence-corrected chi connectivity index (χ3v) is 5.11. The highest BCUT2D eigenvalue weighted by Crippen LogP contribution is 2.28. The maximum Gasteiger partial charge on any atom is 0.138 e. The van der Waals surface area contributed by atoms with E-state index in [0.717, 1.165) is 33.8 Å². The number of hydrogen-bond acceptors (Lipinski definition) is 5. The van der Waals surface area contributed by atoms with Crippen molar-refractivity contribution in [1.82, 2.24) is 19.5 Å². The first kappa shape index (κ1) is 15.8. The van der Waals surface area contributed by atoms with Crippen LogP contribution in [0.15, 0.2) is 54.6 Å². The Balaban J connectivity index is 1.59. The van der Waals surface area contributed by atoms with Crippen LogP contribution in [0, 0.1) is 6.92 Å². The number of nitrogens with one attached hydrogen (secondary N) is 1. The smallest absolute Gasteiger partial charge is 0.138 e. The van der Waals surface area contributed by atoms with E-state index in [0.29, 0.717) is 0 Å². The van der Waals surface area contributed by atoms with Gasteiger partial charge in [0.25, 0.3) is 0 Å². The van der Waals surface area contributed by atoms with Gasteiger partial charge < -0.3 is 9.88 Å². The van der Waals surface area contributed by atoms with E-state index in [1.165, 1.54) is 5.56 Å². The molecule has 0 spiro atoms. The topological polar surface area (TPSA) is 55.6 Å². The minimum Gasteiger partial charge on any atom is -0.363 e. The first-order valence-corrected chi connectivity index (χ1v) is 9.18. The summed E-state index contributed by atoms with van der Waals surface area (Å²) in [4.78, 5) is 14.0. The van der Waals surface area contributed by atoms with Crippen LogP contribution in [-0.4, -0.2) is 19.5 Å². The number of aryl methyl sites for hydroxylation is 1. The second kappa shape index (κ2) is 6.64. The zero-order valence-corrected chi connectivity index (χ0v) is 15.0. The molecule has 3 heterocycles. The van der Waals surface area contributed by atoms with Crippen molar-refractivity contribution in [2.75, 3.05) is 5.32 Å². The van der Waals surface area contributed by atoms with Crippen LogP contribution >= 0.6 is 11.3 Å². The molecule has 0 aliphatic carbocycles. The van der Waals surface area contributed by atoms with Gasteiger partial charge in [0.2, 0.25) is 0 Å². The molecule has 0 saturated carbocycles. The summed E-state index contributed by atoms with van der Waals surface area (Å²) < 4.78 is 2.03. The number of aromatic nitrogens is 4. The number of rotatable bonds is 5. The van der Waals surface area contributed by atoms with E-state index < -0.39 is 0 Å². The fourth-order valence-electron chi connectivity index (χ4n) is 2.93. The van der Waals surface area contributed by atoms with E-state index >= 15 is 0 Å². The standard InChI is InChI=1S/C19H19N5S/c1-3-17(23-18-16-8-9-25-19(16)21-11-20-18)14-4-6-15(7-5-14)24-10-13(2)22-12-24/h4-12,17H,3H2,1-2H3,(H,20,21,23). The zero-order valence-electron chi connectivity index (χ0n) is 14.2. The summed E-state index contributed by atoms with van der Waals surface area (Å²) in [7, 11) is 0. The summed E-state index contributed by atoms with van der Waals surface area (Å²) in [6, 6.07) is 10.9. The van der Waals surface area contributed by atoms with Crippen molar-refractivity contribution in [3.63, 3.8) is 0 Å². The molecular formula is C19H19N5S. The van der Waals surface area contributed by atoms with E-state index in [4.69, 9.17) is 0 Å². The Bertz CT molecular complexity index is 986. The van der Waals surface area contributed by atoms with Gasteiger partial charge in [-0.3, -0.25) is 0 Å². The average molecular weight is 349 g/mol. The van der Waals surface area contributed by atoms with E-state index in [9.17, 15) is 0 Å². The monoisotopic (exact) mass is 349 g/mol. The normalized spacial score (nSPS) is 12.4. The molecule has 0 aliphatic rings. The van der Waals surface area contributed by atoms with E-state index in [-0.39, 0.29) is 6.04 Å². The Hall–Kier alpha value is -2.73. The molecule has 0 radical (unpaired) electrons. The van der Waals surface area contributed by atoms with E-state index in [1.54, 1.807) is 17.7 Å². The summed E-state index contributed by atoms with van der Waals surface area (Å²) in [6.07, 6.45) is 6.46. The lowest BCUT2D eigenvalue weighted by Crippen LogP contribution is -2.11. The van der Waals surface area contributed by atoms with Crippen LogP contribution in [0.5, 0.6) is 0 Å². The van der Waals surface area contributed by atoms with Gasteiger partial charge in [-0.1, -0.05) is 19.1 Å². The Morgan fingerprint density at radius 2 is 1.96 bits per heavy atom. The highest BCUT2D eigenvalue weighted by atomic mass is 32.1. The third kappa shape index (κ3) is 3.13. The molecule has 126 valence electrons. The molecule has 1 unspecified atom stereocenters. The van der Waals surface area contributed by atoms with Crippen LogP contribution < -0.4 is 5.32 Å². The predicted molar refractivity (Wildman–Crippen MR) is 102 cm³/mol. The fraction of sp³-hybridized carbons (Fsp3) is 0.211. The van der Waals surface area contributed by atoms with Gasteiger partial charge in [0.05, 0.1) is 23.4 Å². The fourth-order valence-corrected chi connectivity index (χ4v) is 3.67. The van der Waals surface area contributed by atoms with Crippen LogP contribution in [0.2, 0.25) is 0 Å². The van der Waals surface area contributed by atoms with Gasteiger partial charge in [-0.2, -0.15) is 0 Å². The van der Waals surface area contributed by atoms with Gasteiger partial charge in [0.15, 0.2) is 0 Å². The average Bonchev–Trinajstić information content (AvgIpc) is 3.29. The van der Waals surface area contributed by atoms with Gasteiger partial charge in [0.1, 0.15) is 17.0 Å². The second-order valence-corrected chi connectivity index (χ2v) is 6.88. The van der Waals surface area contributed by atoms with Crippen LogP contribution in [0.3, 0.4) is 0 Å². The van der Waals surface area contributed by atoms with Gasteiger partial charge in [0, 0.05) is 11.9 Å². The lowest BCUT2D eigenvalue weighted by Gasteiger charge is -2.19. The van der Waals surface area contributed by atoms with Crippen LogP contribution in [0.1, 0.15) is 30.6 Å². The van der Waals surface area contributed by atoms with Crippen molar-refractivity contribution >= 4 is 27.4 Å². The van der Waals surface area contributed by atoms with Crippen molar-refractivity contribution in [1.29, 1.82) is 0 Å². The largest absolute Gasteiger partial charge is 0.363 e. The molecule has 4 aromatic rings. The first-order valence-electron chi connectivity index (χ1n) is 8.30. The quantitative estimate of drug-likeness (QED) is 0.565. The summed E-state index contributed by atoms with van der Waals surface area (Å²) in [5, 5.41) is 6.70. The molecule has 6 heteroatoms. The molecule has 5 nitrogen and oxygen atoms in total. The maximum absolute atomic E-state index is 4.43. The molecule has 1 aromatic carbocycles. The summed E-state index contributed by atoms with van der Waals surface area (Å²) in [6.45, 7) is 4.17. The molecule has 0 fully saturated rings. The zero-order chi connectivity index (χ0) is 17.2. The highest BCUT2D eigenvalue weighted by Gasteiger charge is 2.13. The number of fused-ring (bicyclic) bond motifs is 1. The Labute approximate surface area is 150 Å². The highest BCUT2D eigenvalue weighted by molar-refractivity contribution is 7.16. The van der Waals surface area contributed by atoms with Crippen molar-refractivity contribution in [2.24, 2.45) is 0 Å². The molecule has 0 saturated heterocycles. The maximum atomic E-state index is 4.43. The molecule has 0 amide bonds. The molecule has 1 N–H and O–H groups in total. The molecule has 0 aliphatic heterocycles. The third-order valence-electron chi connectivity index (χ3n) is 4.29. The lowest BCUT2D eigenvalue weighted by atomic mass is 10.0. The Morgan fingerprint density at radius 1 is 1.12 bits per heavy atom. The van der Waals surface area contributed by atoms with Crippen LogP contribution in [0.4, 0.5) is 5.82 Å².